The minimum atomic E-state index is 0.431. The van der Waals surface area contributed by atoms with E-state index in [1.807, 2.05) is 0 Å². The summed E-state index contributed by atoms with van der Waals surface area (Å²) in [5, 5.41) is 0. The zero-order valence-corrected chi connectivity index (χ0v) is 6.85. The van der Waals surface area contributed by atoms with Gasteiger partial charge in [0.25, 0.3) is 0 Å². The van der Waals surface area contributed by atoms with Gasteiger partial charge in [0.15, 0.2) is 0 Å². The van der Waals surface area contributed by atoms with Gasteiger partial charge in [0.05, 0.1) is 0 Å². The third-order valence-electron chi connectivity index (χ3n) is 1.93. The van der Waals surface area contributed by atoms with Gasteiger partial charge < -0.3 is 5.73 Å². The van der Waals surface area contributed by atoms with Crippen molar-refractivity contribution in [2.24, 2.45) is 11.7 Å². The second-order valence-electron chi connectivity index (χ2n) is 2.92. The minimum Gasteiger partial charge on any atom is -0.328 e. The molecule has 1 nitrogen and oxygen atoms in total. The molecule has 2 N–H and O–H groups in total. The molecular formula is C8H19N. The van der Waals surface area contributed by atoms with Gasteiger partial charge in [-0.25, -0.2) is 0 Å². The molecule has 0 aliphatic heterocycles. The normalized spacial score (nSPS) is 17.3. The lowest BCUT2D eigenvalue weighted by Gasteiger charge is -2.12. The molecule has 56 valence electrons. The van der Waals surface area contributed by atoms with Crippen LogP contribution in [0.5, 0.6) is 0 Å². The van der Waals surface area contributed by atoms with Crippen molar-refractivity contribution in [3.8, 4) is 0 Å². The first-order valence-corrected chi connectivity index (χ1v) is 3.96. The first-order chi connectivity index (χ1) is 4.20. The molecule has 0 heterocycles. The zero-order valence-electron chi connectivity index (χ0n) is 6.85. The fourth-order valence-electron chi connectivity index (χ4n) is 0.850. The standard InChI is InChI=1S/C8H19N/c1-4-7(3)6-8(9)5-2/h7-8H,4-6,9H2,1-3H3/t7-,8-/m0/s1. The van der Waals surface area contributed by atoms with Crippen LogP contribution < -0.4 is 5.73 Å². The van der Waals surface area contributed by atoms with E-state index in [4.69, 9.17) is 5.73 Å². The van der Waals surface area contributed by atoms with Gasteiger partial charge in [0.2, 0.25) is 0 Å². The third kappa shape index (κ3) is 4.46. The number of nitrogens with two attached hydrogens (primary N) is 1. The van der Waals surface area contributed by atoms with Crippen molar-refractivity contribution >= 4 is 0 Å². The summed E-state index contributed by atoms with van der Waals surface area (Å²) >= 11 is 0. The molecule has 0 spiro atoms. The lowest BCUT2D eigenvalue weighted by atomic mass is 9.99. The van der Waals surface area contributed by atoms with Crippen molar-refractivity contribution in [3.63, 3.8) is 0 Å². The van der Waals surface area contributed by atoms with E-state index in [-0.39, 0.29) is 0 Å². The maximum Gasteiger partial charge on any atom is 0.00387 e. The average molecular weight is 129 g/mol. The lowest BCUT2D eigenvalue weighted by Crippen LogP contribution is -2.21. The quantitative estimate of drug-likeness (QED) is 0.618. The van der Waals surface area contributed by atoms with E-state index in [1.165, 1.54) is 12.8 Å². The average Bonchev–Trinajstić information content (AvgIpc) is 1.87. The van der Waals surface area contributed by atoms with Gasteiger partial charge in [-0.3, -0.25) is 0 Å². The Morgan fingerprint density at radius 3 is 2.11 bits per heavy atom. The molecule has 0 aliphatic carbocycles. The lowest BCUT2D eigenvalue weighted by molar-refractivity contribution is 0.445. The minimum absolute atomic E-state index is 0.431. The predicted octanol–water partition coefficient (Wildman–Crippen LogP) is 2.16. The van der Waals surface area contributed by atoms with Crippen LogP contribution in [-0.2, 0) is 0 Å². The Morgan fingerprint density at radius 1 is 1.22 bits per heavy atom. The van der Waals surface area contributed by atoms with Crippen LogP contribution in [-0.4, -0.2) is 6.04 Å². The second kappa shape index (κ2) is 4.80. The summed E-state index contributed by atoms with van der Waals surface area (Å²) in [6.07, 6.45) is 3.56. The van der Waals surface area contributed by atoms with Crippen molar-refractivity contribution in [2.45, 2.75) is 46.1 Å². The van der Waals surface area contributed by atoms with E-state index >= 15 is 0 Å². The molecule has 0 aliphatic rings. The van der Waals surface area contributed by atoms with Gasteiger partial charge in [-0.1, -0.05) is 27.2 Å². The van der Waals surface area contributed by atoms with Gasteiger partial charge in [0, 0.05) is 6.04 Å². The Morgan fingerprint density at radius 2 is 1.78 bits per heavy atom. The highest BCUT2D eigenvalue weighted by molar-refractivity contribution is 4.61. The molecule has 0 saturated heterocycles. The molecule has 0 unspecified atom stereocenters. The van der Waals surface area contributed by atoms with Gasteiger partial charge in [0.1, 0.15) is 0 Å². The van der Waals surface area contributed by atoms with E-state index < -0.39 is 0 Å². The molecular weight excluding hydrogens is 110 g/mol. The Hall–Kier alpha value is -0.0400. The van der Waals surface area contributed by atoms with Gasteiger partial charge in [-0.2, -0.15) is 0 Å². The molecule has 0 rings (SSSR count). The Labute approximate surface area is 58.6 Å². The number of rotatable bonds is 4. The van der Waals surface area contributed by atoms with Crippen LogP contribution in [0, 0.1) is 5.92 Å². The fourth-order valence-corrected chi connectivity index (χ4v) is 0.850. The summed E-state index contributed by atoms with van der Waals surface area (Å²) in [5.41, 5.74) is 5.75. The second-order valence-corrected chi connectivity index (χ2v) is 2.92. The molecule has 0 radical (unpaired) electrons. The summed E-state index contributed by atoms with van der Waals surface area (Å²) in [6, 6.07) is 0.431. The molecule has 0 saturated carbocycles. The van der Waals surface area contributed by atoms with Gasteiger partial charge >= 0.3 is 0 Å². The van der Waals surface area contributed by atoms with Crippen molar-refractivity contribution in [1.29, 1.82) is 0 Å². The Kier molecular flexibility index (Phi) is 4.78. The van der Waals surface area contributed by atoms with Crippen molar-refractivity contribution in [3.05, 3.63) is 0 Å². The molecule has 0 aromatic rings. The maximum absolute atomic E-state index is 5.75. The summed E-state index contributed by atoms with van der Waals surface area (Å²) in [5.74, 6) is 0.806. The highest BCUT2D eigenvalue weighted by Crippen LogP contribution is 2.09. The summed E-state index contributed by atoms with van der Waals surface area (Å²) in [6.45, 7) is 6.62. The highest BCUT2D eigenvalue weighted by Gasteiger charge is 2.03. The smallest absolute Gasteiger partial charge is 0.00387 e. The Bertz CT molecular complexity index is 53.6. The van der Waals surface area contributed by atoms with E-state index in [9.17, 15) is 0 Å². The van der Waals surface area contributed by atoms with E-state index in [0.717, 1.165) is 12.3 Å². The monoisotopic (exact) mass is 129 g/mol. The highest BCUT2D eigenvalue weighted by atomic mass is 14.6. The SMILES string of the molecule is CC[C@H](C)C[C@@H](N)CC. The van der Waals surface area contributed by atoms with Crippen LogP contribution in [0.3, 0.4) is 0 Å². The summed E-state index contributed by atoms with van der Waals surface area (Å²) < 4.78 is 0. The molecule has 0 fully saturated rings. The Balaban J connectivity index is 3.22. The summed E-state index contributed by atoms with van der Waals surface area (Å²) in [4.78, 5) is 0. The molecule has 0 amide bonds. The van der Waals surface area contributed by atoms with Gasteiger partial charge in [-0.05, 0) is 18.8 Å². The predicted molar refractivity (Wildman–Crippen MR) is 42.3 cm³/mol. The number of hydrogen-bond donors (Lipinski definition) is 1. The maximum atomic E-state index is 5.75. The van der Waals surface area contributed by atoms with Crippen molar-refractivity contribution in [1.82, 2.24) is 0 Å². The van der Waals surface area contributed by atoms with E-state index in [2.05, 4.69) is 20.8 Å². The van der Waals surface area contributed by atoms with E-state index in [1.54, 1.807) is 0 Å². The zero-order chi connectivity index (χ0) is 7.28. The third-order valence-corrected chi connectivity index (χ3v) is 1.93. The topological polar surface area (TPSA) is 26.0 Å². The van der Waals surface area contributed by atoms with Crippen molar-refractivity contribution in [2.75, 3.05) is 0 Å². The first-order valence-electron chi connectivity index (χ1n) is 3.96. The molecule has 1 heteroatoms. The van der Waals surface area contributed by atoms with Gasteiger partial charge in [-0.15, -0.1) is 0 Å². The van der Waals surface area contributed by atoms with E-state index in [0.29, 0.717) is 6.04 Å². The first kappa shape index (κ1) is 8.96. The summed E-state index contributed by atoms with van der Waals surface area (Å²) in [7, 11) is 0. The van der Waals surface area contributed by atoms with Crippen LogP contribution in [0.4, 0.5) is 0 Å². The van der Waals surface area contributed by atoms with Crippen LogP contribution in [0.2, 0.25) is 0 Å². The molecule has 0 aromatic heterocycles. The largest absolute Gasteiger partial charge is 0.328 e. The molecule has 0 aromatic carbocycles. The van der Waals surface area contributed by atoms with Crippen LogP contribution in [0.1, 0.15) is 40.0 Å². The van der Waals surface area contributed by atoms with Crippen LogP contribution in [0.15, 0.2) is 0 Å². The fraction of sp³-hybridized carbons (Fsp3) is 1.00. The van der Waals surface area contributed by atoms with Crippen LogP contribution >= 0.6 is 0 Å². The molecule has 9 heavy (non-hydrogen) atoms. The van der Waals surface area contributed by atoms with Crippen LogP contribution in [0.25, 0.3) is 0 Å². The molecule has 0 bridgehead atoms. The molecule has 2 atom stereocenters. The number of hydrogen-bond acceptors (Lipinski definition) is 1. The van der Waals surface area contributed by atoms with Crippen molar-refractivity contribution < 1.29 is 0 Å².